The maximum atomic E-state index is 11.0. The first-order chi connectivity index (χ1) is 8.08. The molecular formula is C10H17N3O3S. The Labute approximate surface area is 104 Å². The minimum absolute atomic E-state index is 0.0552. The smallest absolute Gasteiger partial charge is 0.260 e. The number of hydrogen-bond donors (Lipinski definition) is 3. The first kappa shape index (κ1) is 13.8. The molecule has 1 heterocycles. The van der Waals surface area contributed by atoms with Crippen LogP contribution in [-0.4, -0.2) is 39.4 Å². The zero-order valence-electron chi connectivity index (χ0n) is 9.86. The highest BCUT2D eigenvalue weighted by Crippen LogP contribution is 2.28. The van der Waals surface area contributed by atoms with Crippen LogP contribution in [-0.2, 0) is 9.47 Å². The summed E-state index contributed by atoms with van der Waals surface area (Å²) in [4.78, 5) is 11.4. The summed E-state index contributed by atoms with van der Waals surface area (Å²) >= 11 is 1.23. The lowest BCUT2D eigenvalue weighted by Crippen LogP contribution is -2.26. The average molecular weight is 259 g/mol. The maximum Gasteiger partial charge on any atom is 0.260 e. The van der Waals surface area contributed by atoms with Crippen LogP contribution in [0.15, 0.2) is 6.07 Å². The third-order valence-electron chi connectivity index (χ3n) is 2.17. The monoisotopic (exact) mass is 259 g/mol. The first-order valence-corrected chi connectivity index (χ1v) is 5.84. The zero-order chi connectivity index (χ0) is 12.8. The Morgan fingerprint density at radius 2 is 2.29 bits per heavy atom. The molecule has 0 aromatic carbocycles. The van der Waals surface area contributed by atoms with Crippen molar-refractivity contribution in [3.8, 4) is 0 Å². The molecule has 0 aliphatic rings. The lowest BCUT2D eigenvalue weighted by molar-refractivity contribution is 0.0366. The van der Waals surface area contributed by atoms with E-state index in [0.29, 0.717) is 23.7 Å². The number of carbonyl (C=O) groups is 1. The molecule has 0 bridgehead atoms. The SMILES string of the molecule is COCC(CNc1cc(N)c(C(N)=O)s1)OC. The molecule has 1 aromatic heterocycles. The Bertz CT molecular complexity index is 381. The maximum absolute atomic E-state index is 11.0. The van der Waals surface area contributed by atoms with Crippen LogP contribution in [0.2, 0.25) is 0 Å². The average Bonchev–Trinajstić information content (AvgIpc) is 2.66. The summed E-state index contributed by atoms with van der Waals surface area (Å²) in [6.45, 7) is 1.07. The van der Waals surface area contributed by atoms with Gasteiger partial charge in [0.1, 0.15) is 4.88 Å². The van der Waals surface area contributed by atoms with Crippen molar-refractivity contribution in [3.63, 3.8) is 0 Å². The van der Waals surface area contributed by atoms with Crippen LogP contribution >= 0.6 is 11.3 Å². The molecule has 0 aliphatic carbocycles. The number of thiophene rings is 1. The minimum Gasteiger partial charge on any atom is -0.397 e. The van der Waals surface area contributed by atoms with Gasteiger partial charge < -0.3 is 26.3 Å². The molecule has 96 valence electrons. The van der Waals surface area contributed by atoms with E-state index in [1.807, 2.05) is 0 Å². The number of hydrogen-bond acceptors (Lipinski definition) is 6. The first-order valence-electron chi connectivity index (χ1n) is 5.03. The van der Waals surface area contributed by atoms with Gasteiger partial charge in [-0.2, -0.15) is 0 Å². The summed E-state index contributed by atoms with van der Waals surface area (Å²) < 4.78 is 10.2. The Morgan fingerprint density at radius 1 is 1.59 bits per heavy atom. The fourth-order valence-corrected chi connectivity index (χ4v) is 2.13. The van der Waals surface area contributed by atoms with Gasteiger partial charge in [-0.15, -0.1) is 11.3 Å². The van der Waals surface area contributed by atoms with Crippen LogP contribution in [0.25, 0.3) is 0 Å². The molecule has 7 heteroatoms. The summed E-state index contributed by atoms with van der Waals surface area (Å²) in [7, 11) is 3.23. The van der Waals surface area contributed by atoms with Crippen LogP contribution in [0.3, 0.4) is 0 Å². The van der Waals surface area contributed by atoms with Crippen molar-refractivity contribution in [1.82, 2.24) is 0 Å². The summed E-state index contributed by atoms with van der Waals surface area (Å²) in [5.41, 5.74) is 11.2. The summed E-state index contributed by atoms with van der Waals surface area (Å²) in [6, 6.07) is 1.68. The highest BCUT2D eigenvalue weighted by Gasteiger charge is 2.12. The van der Waals surface area contributed by atoms with Gasteiger partial charge in [0.25, 0.3) is 5.91 Å². The summed E-state index contributed by atoms with van der Waals surface area (Å²) in [5.74, 6) is -0.513. The normalized spacial score (nSPS) is 12.4. The molecule has 0 aliphatic heterocycles. The van der Waals surface area contributed by atoms with E-state index in [4.69, 9.17) is 20.9 Å². The van der Waals surface area contributed by atoms with Gasteiger partial charge in [-0.1, -0.05) is 0 Å². The fraction of sp³-hybridized carbons (Fsp3) is 0.500. The van der Waals surface area contributed by atoms with E-state index in [0.717, 1.165) is 5.00 Å². The standard InChI is InChI=1S/C10H17N3O3S/c1-15-5-6(16-2)4-13-8-3-7(11)9(17-8)10(12)14/h3,6,13H,4-5,11H2,1-2H3,(H2,12,14). The van der Waals surface area contributed by atoms with Gasteiger partial charge in [0.15, 0.2) is 0 Å². The number of methoxy groups -OCH3 is 2. The molecule has 0 saturated heterocycles. The fourth-order valence-electron chi connectivity index (χ4n) is 1.30. The quantitative estimate of drug-likeness (QED) is 0.662. The van der Waals surface area contributed by atoms with Gasteiger partial charge in [-0.25, -0.2) is 0 Å². The van der Waals surface area contributed by atoms with E-state index in [-0.39, 0.29) is 6.10 Å². The number of carbonyl (C=O) groups excluding carboxylic acids is 1. The van der Waals surface area contributed by atoms with E-state index >= 15 is 0 Å². The van der Waals surface area contributed by atoms with Crippen LogP contribution in [0.4, 0.5) is 10.7 Å². The molecule has 6 nitrogen and oxygen atoms in total. The van der Waals surface area contributed by atoms with Crippen molar-refractivity contribution in [2.24, 2.45) is 5.73 Å². The van der Waals surface area contributed by atoms with Crippen LogP contribution in [0.1, 0.15) is 9.67 Å². The highest BCUT2D eigenvalue weighted by molar-refractivity contribution is 7.18. The van der Waals surface area contributed by atoms with E-state index < -0.39 is 5.91 Å². The summed E-state index contributed by atoms with van der Waals surface area (Å²) in [5, 5.41) is 3.91. The number of nitrogens with two attached hydrogens (primary N) is 2. The number of amides is 1. The lowest BCUT2D eigenvalue weighted by atomic mass is 10.3. The molecule has 1 unspecified atom stereocenters. The van der Waals surface area contributed by atoms with Crippen LogP contribution < -0.4 is 16.8 Å². The molecule has 17 heavy (non-hydrogen) atoms. The topological polar surface area (TPSA) is 99.6 Å². The van der Waals surface area contributed by atoms with Gasteiger partial charge in [0.2, 0.25) is 0 Å². The van der Waals surface area contributed by atoms with E-state index in [1.54, 1.807) is 20.3 Å². The number of primary amides is 1. The number of nitrogens with one attached hydrogen (secondary N) is 1. The van der Waals surface area contributed by atoms with Crippen molar-refractivity contribution in [3.05, 3.63) is 10.9 Å². The van der Waals surface area contributed by atoms with Gasteiger partial charge >= 0.3 is 0 Å². The molecule has 0 fully saturated rings. The Balaban J connectivity index is 2.57. The van der Waals surface area contributed by atoms with Crippen molar-refractivity contribution in [2.75, 3.05) is 38.4 Å². The van der Waals surface area contributed by atoms with E-state index in [1.165, 1.54) is 11.3 Å². The molecule has 1 aromatic rings. The Kier molecular flexibility index (Phi) is 5.20. The summed E-state index contributed by atoms with van der Waals surface area (Å²) in [6.07, 6.45) is -0.0552. The molecule has 0 saturated carbocycles. The second-order valence-corrected chi connectivity index (χ2v) is 4.51. The number of rotatable bonds is 7. The largest absolute Gasteiger partial charge is 0.397 e. The minimum atomic E-state index is -0.513. The molecule has 0 spiro atoms. The predicted molar refractivity (Wildman–Crippen MR) is 68.4 cm³/mol. The number of ether oxygens (including phenoxy) is 2. The second-order valence-electron chi connectivity index (χ2n) is 3.45. The molecule has 5 N–H and O–H groups in total. The zero-order valence-corrected chi connectivity index (χ0v) is 10.7. The second kappa shape index (κ2) is 6.43. The third kappa shape index (κ3) is 3.88. The molecule has 0 radical (unpaired) electrons. The predicted octanol–water partition coefficient (Wildman–Crippen LogP) is 0.502. The van der Waals surface area contributed by atoms with Gasteiger partial charge in [-0.05, 0) is 6.07 Å². The number of nitrogen functional groups attached to an aromatic ring is 1. The van der Waals surface area contributed by atoms with Crippen molar-refractivity contribution >= 4 is 27.9 Å². The molecular weight excluding hydrogens is 242 g/mol. The molecule has 1 atom stereocenters. The van der Waals surface area contributed by atoms with Gasteiger partial charge in [-0.3, -0.25) is 4.79 Å². The Hall–Kier alpha value is -1.31. The van der Waals surface area contributed by atoms with Gasteiger partial charge in [0.05, 0.1) is 23.4 Å². The van der Waals surface area contributed by atoms with Crippen molar-refractivity contribution < 1.29 is 14.3 Å². The van der Waals surface area contributed by atoms with E-state index in [9.17, 15) is 4.79 Å². The Morgan fingerprint density at radius 3 is 2.76 bits per heavy atom. The van der Waals surface area contributed by atoms with Crippen LogP contribution in [0, 0.1) is 0 Å². The van der Waals surface area contributed by atoms with Gasteiger partial charge in [0, 0.05) is 20.8 Å². The lowest BCUT2D eigenvalue weighted by Gasteiger charge is -2.14. The highest BCUT2D eigenvalue weighted by atomic mass is 32.1. The van der Waals surface area contributed by atoms with Crippen molar-refractivity contribution in [1.29, 1.82) is 0 Å². The number of anilines is 2. The van der Waals surface area contributed by atoms with E-state index in [2.05, 4.69) is 5.32 Å². The third-order valence-corrected chi connectivity index (χ3v) is 3.30. The molecule has 1 amide bonds. The van der Waals surface area contributed by atoms with Crippen LogP contribution in [0.5, 0.6) is 0 Å². The molecule has 1 rings (SSSR count). The van der Waals surface area contributed by atoms with Crippen molar-refractivity contribution in [2.45, 2.75) is 6.10 Å².